The van der Waals surface area contributed by atoms with Gasteiger partial charge in [-0.3, -0.25) is 4.98 Å². The van der Waals surface area contributed by atoms with Gasteiger partial charge in [0.15, 0.2) is 0 Å². The Balaban J connectivity index is 1.99. The molecule has 0 saturated heterocycles. The molecular formula is C21H19F2N. The molecule has 3 aromatic rings. The molecule has 24 heavy (non-hydrogen) atoms. The standard InChI is InChI=1S/C21H19F2N/c1-21(2,3)16-6-4-14(5-7-16)15-10-11-24-20(12-15)18-9-8-17(22)13-19(18)23/h4-13H,1-3H3. The van der Waals surface area contributed by atoms with Gasteiger partial charge in [-0.2, -0.15) is 0 Å². The van der Waals surface area contributed by atoms with Gasteiger partial charge < -0.3 is 0 Å². The highest BCUT2D eigenvalue weighted by molar-refractivity contribution is 5.70. The first-order chi connectivity index (χ1) is 11.3. The lowest BCUT2D eigenvalue weighted by Crippen LogP contribution is -2.10. The van der Waals surface area contributed by atoms with Crippen LogP contribution in [0.4, 0.5) is 8.78 Å². The lowest BCUT2D eigenvalue weighted by Gasteiger charge is -2.19. The van der Waals surface area contributed by atoms with Crippen LogP contribution in [0.5, 0.6) is 0 Å². The zero-order valence-corrected chi connectivity index (χ0v) is 14.0. The molecule has 0 bridgehead atoms. The normalized spacial score (nSPS) is 11.5. The van der Waals surface area contributed by atoms with Crippen molar-refractivity contribution in [2.75, 3.05) is 0 Å². The van der Waals surface area contributed by atoms with Crippen LogP contribution >= 0.6 is 0 Å². The quantitative estimate of drug-likeness (QED) is 0.564. The highest BCUT2D eigenvalue weighted by Gasteiger charge is 2.13. The van der Waals surface area contributed by atoms with Crippen molar-refractivity contribution >= 4 is 0 Å². The minimum Gasteiger partial charge on any atom is -0.256 e. The molecule has 1 nitrogen and oxygen atoms in total. The van der Waals surface area contributed by atoms with Gasteiger partial charge in [-0.25, -0.2) is 8.78 Å². The first kappa shape index (κ1) is 16.3. The zero-order chi connectivity index (χ0) is 17.3. The summed E-state index contributed by atoms with van der Waals surface area (Å²) in [6, 6.07) is 15.6. The fourth-order valence-corrected chi connectivity index (χ4v) is 2.62. The molecule has 0 aliphatic heterocycles. The highest BCUT2D eigenvalue weighted by atomic mass is 19.1. The molecule has 2 aromatic carbocycles. The highest BCUT2D eigenvalue weighted by Crippen LogP contribution is 2.29. The molecule has 0 fully saturated rings. The summed E-state index contributed by atoms with van der Waals surface area (Å²) in [6.45, 7) is 6.51. The summed E-state index contributed by atoms with van der Waals surface area (Å²) in [5.41, 5.74) is 4.12. The largest absolute Gasteiger partial charge is 0.256 e. The van der Waals surface area contributed by atoms with Crippen LogP contribution in [0.15, 0.2) is 60.8 Å². The van der Waals surface area contributed by atoms with E-state index in [4.69, 9.17) is 0 Å². The fraction of sp³-hybridized carbons (Fsp3) is 0.190. The Labute approximate surface area is 141 Å². The maximum absolute atomic E-state index is 14.0. The molecule has 0 radical (unpaired) electrons. The number of hydrogen-bond donors (Lipinski definition) is 0. The van der Waals surface area contributed by atoms with E-state index < -0.39 is 11.6 Å². The van der Waals surface area contributed by atoms with Crippen LogP contribution in [-0.2, 0) is 5.41 Å². The molecular weight excluding hydrogens is 304 g/mol. The van der Waals surface area contributed by atoms with E-state index in [1.165, 1.54) is 17.7 Å². The van der Waals surface area contributed by atoms with Crippen LogP contribution in [0, 0.1) is 11.6 Å². The fourth-order valence-electron chi connectivity index (χ4n) is 2.62. The minimum atomic E-state index is -0.609. The molecule has 3 heteroatoms. The average Bonchev–Trinajstić information content (AvgIpc) is 2.54. The van der Waals surface area contributed by atoms with Crippen molar-refractivity contribution in [1.29, 1.82) is 0 Å². The van der Waals surface area contributed by atoms with E-state index in [-0.39, 0.29) is 5.41 Å². The second-order valence-electron chi connectivity index (χ2n) is 6.88. The number of benzene rings is 2. The summed E-state index contributed by atoms with van der Waals surface area (Å²) in [5.74, 6) is -1.20. The Kier molecular flexibility index (Phi) is 4.18. The molecule has 0 amide bonds. The third-order valence-electron chi connectivity index (χ3n) is 4.05. The molecule has 0 atom stereocenters. The summed E-state index contributed by atoms with van der Waals surface area (Å²) < 4.78 is 27.1. The molecule has 1 aromatic heterocycles. The number of pyridine rings is 1. The summed E-state index contributed by atoms with van der Waals surface area (Å²) in [4.78, 5) is 4.22. The van der Waals surface area contributed by atoms with Crippen LogP contribution in [0.2, 0.25) is 0 Å². The van der Waals surface area contributed by atoms with E-state index >= 15 is 0 Å². The summed E-state index contributed by atoms with van der Waals surface area (Å²) in [7, 11) is 0. The van der Waals surface area contributed by atoms with E-state index in [2.05, 4.69) is 50.0 Å². The van der Waals surface area contributed by atoms with E-state index in [1.54, 1.807) is 6.20 Å². The first-order valence-electron chi connectivity index (χ1n) is 7.87. The van der Waals surface area contributed by atoms with Crippen molar-refractivity contribution in [3.63, 3.8) is 0 Å². The van der Waals surface area contributed by atoms with Crippen LogP contribution < -0.4 is 0 Å². The van der Waals surface area contributed by atoms with Crippen molar-refractivity contribution in [3.8, 4) is 22.4 Å². The second-order valence-corrected chi connectivity index (χ2v) is 6.88. The van der Waals surface area contributed by atoms with Gasteiger partial charge in [0, 0.05) is 17.8 Å². The third-order valence-corrected chi connectivity index (χ3v) is 4.05. The van der Waals surface area contributed by atoms with Gasteiger partial charge in [-0.15, -0.1) is 0 Å². The maximum atomic E-state index is 14.0. The molecule has 0 saturated carbocycles. The van der Waals surface area contributed by atoms with Crippen LogP contribution in [-0.4, -0.2) is 4.98 Å². The maximum Gasteiger partial charge on any atom is 0.135 e. The topological polar surface area (TPSA) is 12.9 Å². The van der Waals surface area contributed by atoms with Gasteiger partial charge in [-0.1, -0.05) is 45.0 Å². The van der Waals surface area contributed by atoms with Crippen molar-refractivity contribution in [1.82, 2.24) is 4.98 Å². The number of hydrogen-bond acceptors (Lipinski definition) is 1. The Bertz CT molecular complexity index is 862. The molecule has 0 unspecified atom stereocenters. The number of aromatic nitrogens is 1. The molecule has 3 rings (SSSR count). The number of nitrogens with zero attached hydrogens (tertiary/aromatic N) is 1. The molecule has 0 aliphatic carbocycles. The van der Waals surface area contributed by atoms with Gasteiger partial charge in [0.1, 0.15) is 11.6 Å². The first-order valence-corrected chi connectivity index (χ1v) is 7.87. The van der Waals surface area contributed by atoms with E-state index in [0.717, 1.165) is 17.2 Å². The zero-order valence-electron chi connectivity index (χ0n) is 14.0. The third kappa shape index (κ3) is 3.35. The molecule has 1 heterocycles. The SMILES string of the molecule is CC(C)(C)c1ccc(-c2ccnc(-c3ccc(F)cc3F)c2)cc1. The summed E-state index contributed by atoms with van der Waals surface area (Å²) in [6.07, 6.45) is 1.64. The van der Waals surface area contributed by atoms with Crippen LogP contribution in [0.25, 0.3) is 22.4 Å². The van der Waals surface area contributed by atoms with Crippen molar-refractivity contribution in [3.05, 3.63) is 78.0 Å². The average molecular weight is 323 g/mol. The lowest BCUT2D eigenvalue weighted by molar-refractivity contribution is 0.585. The van der Waals surface area contributed by atoms with E-state index in [0.29, 0.717) is 11.3 Å². The Morgan fingerprint density at radius 2 is 1.50 bits per heavy atom. The summed E-state index contributed by atoms with van der Waals surface area (Å²) in [5, 5.41) is 0. The van der Waals surface area contributed by atoms with Crippen LogP contribution in [0.1, 0.15) is 26.3 Å². The van der Waals surface area contributed by atoms with E-state index in [1.807, 2.05) is 12.1 Å². The summed E-state index contributed by atoms with van der Waals surface area (Å²) >= 11 is 0. The molecule has 122 valence electrons. The van der Waals surface area contributed by atoms with Crippen molar-refractivity contribution < 1.29 is 8.78 Å². The lowest BCUT2D eigenvalue weighted by atomic mass is 9.86. The second kappa shape index (κ2) is 6.16. The predicted octanol–water partition coefficient (Wildman–Crippen LogP) is 5.99. The minimum absolute atomic E-state index is 0.0964. The van der Waals surface area contributed by atoms with E-state index in [9.17, 15) is 8.78 Å². The molecule has 0 aliphatic rings. The predicted molar refractivity (Wildman–Crippen MR) is 93.7 cm³/mol. The smallest absolute Gasteiger partial charge is 0.135 e. The van der Waals surface area contributed by atoms with Gasteiger partial charge in [0.25, 0.3) is 0 Å². The number of rotatable bonds is 2. The van der Waals surface area contributed by atoms with Gasteiger partial charge in [0.05, 0.1) is 5.69 Å². The van der Waals surface area contributed by atoms with Gasteiger partial charge in [-0.05, 0) is 46.4 Å². The number of halogens is 2. The van der Waals surface area contributed by atoms with Crippen molar-refractivity contribution in [2.45, 2.75) is 26.2 Å². The Morgan fingerprint density at radius 1 is 0.792 bits per heavy atom. The molecule has 0 spiro atoms. The molecule has 0 N–H and O–H groups in total. The van der Waals surface area contributed by atoms with Gasteiger partial charge in [0.2, 0.25) is 0 Å². The Morgan fingerprint density at radius 3 is 2.12 bits per heavy atom. The Hall–Kier alpha value is -2.55. The van der Waals surface area contributed by atoms with Crippen molar-refractivity contribution in [2.24, 2.45) is 0 Å². The monoisotopic (exact) mass is 323 g/mol. The van der Waals surface area contributed by atoms with Crippen LogP contribution in [0.3, 0.4) is 0 Å². The van der Waals surface area contributed by atoms with Gasteiger partial charge >= 0.3 is 0 Å².